The predicted octanol–water partition coefficient (Wildman–Crippen LogP) is 9.69. The van der Waals surface area contributed by atoms with Gasteiger partial charge in [0.05, 0.1) is 0 Å². The average molecular weight is 645 g/mol. The monoisotopic (exact) mass is 644 g/mol. The summed E-state index contributed by atoms with van der Waals surface area (Å²) >= 11 is 0. The van der Waals surface area contributed by atoms with Crippen molar-refractivity contribution in [2.45, 2.75) is 119 Å². The van der Waals surface area contributed by atoms with Crippen molar-refractivity contribution in [3.05, 3.63) is 45.5 Å². The van der Waals surface area contributed by atoms with Gasteiger partial charge in [-0.1, -0.05) is 95.2 Å². The van der Waals surface area contributed by atoms with Crippen LogP contribution in [0.25, 0.3) is 11.1 Å². The number of hydrogen-bond donors (Lipinski definition) is 2. The molecule has 1 aliphatic heterocycles. The molecule has 8 heteroatoms. The van der Waals surface area contributed by atoms with E-state index in [9.17, 15) is 0 Å². The van der Waals surface area contributed by atoms with E-state index >= 15 is 0 Å². The van der Waals surface area contributed by atoms with Crippen LogP contribution >= 0.6 is 16.9 Å². The maximum atomic E-state index is 7.26. The Balaban J connectivity index is 2.77. The molecule has 2 N–H and O–H groups in total. The number of benzene rings is 2. The Bertz CT molecular complexity index is 1240. The molecule has 0 bridgehead atoms. The van der Waals surface area contributed by atoms with Crippen molar-refractivity contribution in [2.24, 2.45) is 0 Å². The first-order valence-corrected chi connectivity index (χ1v) is 18.4. The highest BCUT2D eigenvalue weighted by molar-refractivity contribution is 7.48. The molecule has 0 saturated heterocycles. The lowest BCUT2D eigenvalue weighted by molar-refractivity contribution is 0.473. The third-order valence-corrected chi connectivity index (χ3v) is 11.4. The van der Waals surface area contributed by atoms with Gasteiger partial charge >= 0.3 is 0 Å². The Hall–Kier alpha value is -1.26. The molecule has 248 valence electrons. The molecule has 1 heterocycles. The average Bonchev–Trinajstić information content (AvgIpc) is 2.81. The molecule has 0 fully saturated rings. The fourth-order valence-electron chi connectivity index (χ4n) is 5.97. The van der Waals surface area contributed by atoms with E-state index in [-0.39, 0.29) is 21.7 Å². The summed E-state index contributed by atoms with van der Waals surface area (Å²) in [6.45, 7) is 33.9. The zero-order valence-corrected chi connectivity index (χ0v) is 33.0. The third-order valence-electron chi connectivity index (χ3n) is 8.26. The van der Waals surface area contributed by atoms with Crippen molar-refractivity contribution in [2.75, 3.05) is 41.3 Å². The third kappa shape index (κ3) is 7.99. The summed E-state index contributed by atoms with van der Waals surface area (Å²) in [5.41, 5.74) is 9.57. The second-order valence-corrected chi connectivity index (χ2v) is 20.5. The van der Waals surface area contributed by atoms with Gasteiger partial charge < -0.3 is 9.05 Å². The van der Waals surface area contributed by atoms with E-state index in [1.54, 1.807) is 0 Å². The molecule has 44 heavy (non-hydrogen) atoms. The van der Waals surface area contributed by atoms with Gasteiger partial charge in [0, 0.05) is 35.3 Å². The minimum Gasteiger partial charge on any atom is -0.444 e. The largest absolute Gasteiger partial charge is 0.444 e. The summed E-state index contributed by atoms with van der Waals surface area (Å²) in [6.07, 6.45) is 0. The standard InChI is InChI=1S/C36H62N4O2P2/c1-23-25(33(3,4)5)21-27(35(9,10)11)31-29(23)30-24(2)26(34(6,7)8)22-28(36(12,13)14)32(30)42-44(40(17)18)38-20-19-37-43(41-31)39(15)16/h21-22,37-38H,19-20H2,1-18H3. The Morgan fingerprint density at radius 1 is 0.523 bits per heavy atom. The molecular formula is C36H62N4O2P2. The summed E-state index contributed by atoms with van der Waals surface area (Å²) in [4.78, 5) is 0. The number of nitrogens with one attached hydrogen (secondary N) is 2. The van der Waals surface area contributed by atoms with Gasteiger partial charge in [-0.2, -0.15) is 0 Å². The van der Waals surface area contributed by atoms with Crippen LogP contribution < -0.4 is 19.2 Å². The SMILES string of the molecule is Cc1c(C(C)(C)C)cc(C(C)(C)C)c2c1-c1c(C)c(C(C)(C)C)cc(C(C)(C)C)c1OP(N(C)C)NCCNP(N(C)C)O2. The number of hydrogen-bond acceptors (Lipinski definition) is 6. The highest BCUT2D eigenvalue weighted by Crippen LogP contribution is 2.57. The smallest absolute Gasteiger partial charge is 0.244 e. The van der Waals surface area contributed by atoms with Crippen LogP contribution in [0.1, 0.15) is 116 Å². The normalized spacial score (nSPS) is 19.1. The lowest BCUT2D eigenvalue weighted by Crippen LogP contribution is -2.31. The number of fused-ring (bicyclic) bond motifs is 3. The van der Waals surface area contributed by atoms with Crippen LogP contribution in [0, 0.1) is 13.8 Å². The van der Waals surface area contributed by atoms with Gasteiger partial charge in [0.2, 0.25) is 16.9 Å². The molecule has 0 spiro atoms. The van der Waals surface area contributed by atoms with E-state index in [1.165, 1.54) is 33.4 Å². The van der Waals surface area contributed by atoms with Crippen molar-refractivity contribution in [1.29, 1.82) is 0 Å². The van der Waals surface area contributed by atoms with Gasteiger partial charge in [0.25, 0.3) is 0 Å². The quantitative estimate of drug-likeness (QED) is 0.318. The molecule has 2 unspecified atom stereocenters. The summed E-state index contributed by atoms with van der Waals surface area (Å²) in [5.74, 6) is 1.94. The number of nitrogens with zero attached hydrogens (tertiary/aromatic N) is 2. The van der Waals surface area contributed by atoms with Crippen LogP contribution in [-0.4, -0.2) is 50.6 Å². The second-order valence-electron chi connectivity index (χ2n) is 16.8. The van der Waals surface area contributed by atoms with Crippen LogP contribution in [0.15, 0.2) is 12.1 Å². The molecule has 2 aromatic rings. The van der Waals surface area contributed by atoms with Crippen molar-refractivity contribution in [1.82, 2.24) is 19.5 Å². The van der Waals surface area contributed by atoms with Crippen LogP contribution in [0.3, 0.4) is 0 Å². The fraction of sp³-hybridized carbons (Fsp3) is 0.667. The molecule has 0 aliphatic carbocycles. The fourth-order valence-corrected chi connectivity index (χ4v) is 8.32. The van der Waals surface area contributed by atoms with Crippen LogP contribution in [0.5, 0.6) is 11.5 Å². The van der Waals surface area contributed by atoms with Gasteiger partial charge in [-0.3, -0.25) is 0 Å². The molecular weight excluding hydrogens is 582 g/mol. The van der Waals surface area contributed by atoms with E-state index in [0.717, 1.165) is 35.7 Å². The summed E-state index contributed by atoms with van der Waals surface area (Å²) in [6, 6.07) is 4.84. The van der Waals surface area contributed by atoms with Crippen LogP contribution in [0.4, 0.5) is 0 Å². The van der Waals surface area contributed by atoms with Crippen LogP contribution in [-0.2, 0) is 21.7 Å². The lowest BCUT2D eigenvalue weighted by atomic mass is 9.72. The first kappa shape index (κ1) is 37.2. The molecule has 0 saturated carbocycles. The van der Waals surface area contributed by atoms with E-state index < -0.39 is 16.9 Å². The summed E-state index contributed by atoms with van der Waals surface area (Å²) in [7, 11) is 6.19. The highest BCUT2D eigenvalue weighted by atomic mass is 31.2. The first-order chi connectivity index (χ1) is 19.9. The van der Waals surface area contributed by atoms with E-state index in [0.29, 0.717) is 0 Å². The Labute approximate surface area is 272 Å². The van der Waals surface area contributed by atoms with Gasteiger partial charge in [-0.25, -0.2) is 19.5 Å². The Kier molecular flexibility index (Phi) is 11.1. The molecule has 1 aliphatic rings. The van der Waals surface area contributed by atoms with Gasteiger partial charge in [0.15, 0.2) is 0 Å². The minimum atomic E-state index is -1.12. The predicted molar refractivity (Wildman–Crippen MR) is 195 cm³/mol. The number of rotatable bonds is 2. The summed E-state index contributed by atoms with van der Waals surface area (Å²) < 4.78 is 18.9. The Morgan fingerprint density at radius 3 is 1.02 bits per heavy atom. The van der Waals surface area contributed by atoms with Crippen molar-refractivity contribution in [3.63, 3.8) is 0 Å². The first-order valence-electron chi connectivity index (χ1n) is 16.0. The van der Waals surface area contributed by atoms with E-state index in [4.69, 9.17) is 9.05 Å². The maximum Gasteiger partial charge on any atom is 0.244 e. The molecule has 0 amide bonds. The molecule has 0 radical (unpaired) electrons. The van der Waals surface area contributed by atoms with Crippen molar-refractivity contribution < 1.29 is 9.05 Å². The zero-order chi connectivity index (χ0) is 33.7. The molecule has 2 atom stereocenters. The van der Waals surface area contributed by atoms with Crippen molar-refractivity contribution in [3.8, 4) is 22.6 Å². The molecule has 0 aromatic heterocycles. The second kappa shape index (κ2) is 13.1. The van der Waals surface area contributed by atoms with Crippen molar-refractivity contribution >= 4 is 16.9 Å². The van der Waals surface area contributed by atoms with Gasteiger partial charge in [-0.05, 0) is 86.0 Å². The molecule has 2 aromatic carbocycles. The molecule has 6 nitrogen and oxygen atoms in total. The minimum absolute atomic E-state index is 0.0609. The summed E-state index contributed by atoms with van der Waals surface area (Å²) in [5, 5.41) is 7.47. The molecule has 3 rings (SSSR count). The van der Waals surface area contributed by atoms with Gasteiger partial charge in [0.1, 0.15) is 11.5 Å². The lowest BCUT2D eigenvalue weighted by Gasteiger charge is -2.38. The highest BCUT2D eigenvalue weighted by Gasteiger charge is 2.37. The van der Waals surface area contributed by atoms with Crippen LogP contribution in [0.2, 0.25) is 0 Å². The zero-order valence-electron chi connectivity index (χ0n) is 31.2. The Morgan fingerprint density at radius 2 is 0.795 bits per heavy atom. The topological polar surface area (TPSA) is 49.0 Å². The maximum absolute atomic E-state index is 7.26. The van der Waals surface area contributed by atoms with E-state index in [1.807, 2.05) is 0 Å². The van der Waals surface area contributed by atoms with E-state index in [2.05, 4.69) is 157 Å². The van der Waals surface area contributed by atoms with Gasteiger partial charge in [-0.15, -0.1) is 0 Å².